The predicted octanol–water partition coefficient (Wildman–Crippen LogP) is 0.999. The molecule has 308 valence electrons. The Kier molecular flexibility index (Phi) is 13.6. The van der Waals surface area contributed by atoms with E-state index in [0.717, 1.165) is 12.8 Å². The van der Waals surface area contributed by atoms with Crippen molar-refractivity contribution in [2.75, 3.05) is 27.2 Å². The Balaban J connectivity index is 1.47. The van der Waals surface area contributed by atoms with Gasteiger partial charge in [0, 0.05) is 20.6 Å². The van der Waals surface area contributed by atoms with Crippen LogP contribution < -0.4 is 32.3 Å². The summed E-state index contributed by atoms with van der Waals surface area (Å²) in [5, 5.41) is 13.1. The monoisotopic (exact) mass is 780 g/mol. The molecular formula is C40H60N8O8. The summed E-state index contributed by atoms with van der Waals surface area (Å²) < 4.78 is 0. The Hall–Kier alpha value is -5.02. The third-order valence-corrected chi connectivity index (χ3v) is 11.6. The van der Waals surface area contributed by atoms with Crippen molar-refractivity contribution in [3.05, 3.63) is 35.9 Å². The largest absolute Gasteiger partial charge is 0.368 e. The van der Waals surface area contributed by atoms with Gasteiger partial charge in [-0.3, -0.25) is 33.6 Å². The molecule has 56 heavy (non-hydrogen) atoms. The number of likely N-dealkylation sites (N-methyl/N-ethyl adjacent to an activating group) is 1. The number of benzene rings is 1. The number of carbonyl (C=O) groups excluding carboxylic acids is 8. The highest BCUT2D eigenvalue weighted by Gasteiger charge is 2.70. The molecule has 2 aliphatic carbocycles. The van der Waals surface area contributed by atoms with Crippen molar-refractivity contribution < 1.29 is 38.4 Å². The van der Waals surface area contributed by atoms with E-state index in [0.29, 0.717) is 12.0 Å². The smallest absolute Gasteiger partial charge is 0.316 e. The first-order valence-electron chi connectivity index (χ1n) is 19.4. The number of amides is 8. The molecule has 1 aromatic carbocycles. The molecule has 0 aromatic heterocycles. The van der Waals surface area contributed by atoms with Crippen LogP contribution in [0.3, 0.4) is 0 Å². The first kappa shape index (κ1) is 43.7. The van der Waals surface area contributed by atoms with E-state index in [-0.39, 0.29) is 48.0 Å². The summed E-state index contributed by atoms with van der Waals surface area (Å²) in [4.78, 5) is 109. The van der Waals surface area contributed by atoms with Gasteiger partial charge in [0.1, 0.15) is 24.2 Å². The van der Waals surface area contributed by atoms with Gasteiger partial charge in [0.15, 0.2) is 0 Å². The molecule has 4 rings (SSSR count). The molecule has 16 heteroatoms. The molecule has 0 spiro atoms. The maximum absolute atomic E-state index is 14.4. The molecular weight excluding hydrogens is 720 g/mol. The Morgan fingerprint density at radius 1 is 0.946 bits per heavy atom. The van der Waals surface area contributed by atoms with Crippen LogP contribution in [0.2, 0.25) is 0 Å². The number of fused-ring (bicyclic) bond motifs is 1. The summed E-state index contributed by atoms with van der Waals surface area (Å²) >= 11 is 0. The first-order chi connectivity index (χ1) is 26.1. The lowest BCUT2D eigenvalue weighted by atomic mass is 9.85. The minimum atomic E-state index is -1.21. The van der Waals surface area contributed by atoms with E-state index in [2.05, 4.69) is 26.6 Å². The van der Waals surface area contributed by atoms with Crippen molar-refractivity contribution in [1.82, 2.24) is 36.4 Å². The highest BCUT2D eigenvalue weighted by Crippen LogP contribution is 2.65. The van der Waals surface area contributed by atoms with Crippen molar-refractivity contribution in [1.29, 1.82) is 0 Å². The van der Waals surface area contributed by atoms with Gasteiger partial charge < -0.3 is 42.1 Å². The van der Waals surface area contributed by atoms with Crippen LogP contribution in [0.25, 0.3) is 0 Å². The number of likely N-dealkylation sites (tertiary alicyclic amines) is 1. The summed E-state index contributed by atoms with van der Waals surface area (Å²) in [5.74, 6) is -5.24. The van der Waals surface area contributed by atoms with Crippen molar-refractivity contribution in [2.45, 2.75) is 104 Å². The van der Waals surface area contributed by atoms with E-state index in [1.54, 1.807) is 72.1 Å². The van der Waals surface area contributed by atoms with Gasteiger partial charge in [0.25, 0.3) is 5.91 Å². The van der Waals surface area contributed by atoms with E-state index >= 15 is 0 Å². The van der Waals surface area contributed by atoms with E-state index in [1.807, 2.05) is 20.8 Å². The number of ketones is 1. The van der Waals surface area contributed by atoms with Crippen LogP contribution >= 0.6 is 0 Å². The van der Waals surface area contributed by atoms with Crippen molar-refractivity contribution in [3.8, 4) is 0 Å². The summed E-state index contributed by atoms with van der Waals surface area (Å²) in [7, 11) is 3.11. The van der Waals surface area contributed by atoms with Gasteiger partial charge in [-0.1, -0.05) is 98.1 Å². The van der Waals surface area contributed by atoms with Crippen LogP contribution in [-0.4, -0.2) is 108 Å². The fourth-order valence-corrected chi connectivity index (χ4v) is 7.66. The predicted molar refractivity (Wildman–Crippen MR) is 207 cm³/mol. The first-order valence-corrected chi connectivity index (χ1v) is 19.4. The summed E-state index contributed by atoms with van der Waals surface area (Å²) in [6.45, 7) is 12.6. The Morgan fingerprint density at radius 3 is 2.11 bits per heavy atom. The lowest BCUT2D eigenvalue weighted by molar-refractivity contribution is -0.145. The quantitative estimate of drug-likeness (QED) is 0.125. The average molecular weight is 781 g/mol. The van der Waals surface area contributed by atoms with Gasteiger partial charge in [0.2, 0.25) is 35.3 Å². The normalized spacial score (nSPS) is 22.2. The van der Waals surface area contributed by atoms with Crippen LogP contribution in [0.1, 0.15) is 85.8 Å². The highest BCUT2D eigenvalue weighted by molar-refractivity contribution is 6.38. The minimum Gasteiger partial charge on any atom is -0.368 e. The average Bonchev–Trinajstić information content (AvgIpc) is 3.99. The van der Waals surface area contributed by atoms with Gasteiger partial charge in [-0.15, -0.1) is 0 Å². The Morgan fingerprint density at radius 2 is 1.57 bits per heavy atom. The molecule has 1 aromatic rings. The molecule has 1 aliphatic heterocycles. The summed E-state index contributed by atoms with van der Waals surface area (Å²) in [5.41, 5.74) is 5.00. The number of hydrogen-bond acceptors (Lipinski definition) is 8. The molecule has 0 radical (unpaired) electrons. The molecule has 3 aliphatic rings. The zero-order chi connectivity index (χ0) is 41.9. The van der Waals surface area contributed by atoms with Crippen LogP contribution in [-0.2, 0) is 33.6 Å². The number of urea groups is 1. The molecule has 8 amide bonds. The van der Waals surface area contributed by atoms with Crippen molar-refractivity contribution >= 4 is 47.3 Å². The standard InChI is InChI=1S/C40H60N8O8/c1-10-21(2)28(33(41)51)45-38(56)46-32(39(3,4)5)37(55)48-20-24-27(40(24,6)7)30(48)34(52)43-25(18-22-16-17-22)31(50)35(53)42-19-26(49)44-29(36(54)47(8)9)23-14-12-11-13-15-23/h11-15,21-22,24-25,27-30,32H,10,16-20H2,1-9H3,(H2,41,51)(H,42,53)(H,43,52)(H,44,49)(H2,45,46,56)/t21-,24-,25?,27-,28-,29?,30-,32+/m0/s1. The third kappa shape index (κ3) is 10.2. The van der Waals surface area contributed by atoms with Gasteiger partial charge in [-0.25, -0.2) is 4.79 Å². The Labute approximate surface area is 329 Å². The SMILES string of the molecule is CC[C@H](C)[C@H](NC(=O)N[C@H](C(=O)N1C[C@H]2[C@@H]([C@H]1C(=O)NC(CC1CC1)C(=O)C(=O)NCC(=O)NC(C(=O)N(C)C)c1ccccc1)C2(C)C)C(C)(C)C)C(N)=O. The number of rotatable bonds is 17. The highest BCUT2D eigenvalue weighted by atomic mass is 16.2. The van der Waals surface area contributed by atoms with E-state index in [9.17, 15) is 38.4 Å². The topological polar surface area (TPSA) is 229 Å². The molecule has 2 saturated carbocycles. The van der Waals surface area contributed by atoms with Gasteiger partial charge in [-0.05, 0) is 46.5 Å². The molecule has 7 N–H and O–H groups in total. The number of nitrogens with zero attached hydrogens (tertiary/aromatic N) is 2. The van der Waals surface area contributed by atoms with E-state index in [1.165, 1.54) is 9.80 Å². The van der Waals surface area contributed by atoms with Crippen molar-refractivity contribution in [3.63, 3.8) is 0 Å². The number of nitrogens with one attached hydrogen (secondary N) is 5. The van der Waals surface area contributed by atoms with Crippen LogP contribution in [0, 0.1) is 34.5 Å². The lowest BCUT2D eigenvalue weighted by Gasteiger charge is -2.38. The second kappa shape index (κ2) is 17.4. The minimum absolute atomic E-state index is 0.0141. The number of nitrogens with two attached hydrogens (primary N) is 1. The second-order valence-electron chi connectivity index (χ2n) is 17.5. The van der Waals surface area contributed by atoms with E-state index in [4.69, 9.17) is 5.73 Å². The molecule has 1 heterocycles. The second-order valence-corrected chi connectivity index (χ2v) is 17.5. The zero-order valence-electron chi connectivity index (χ0n) is 34.1. The summed E-state index contributed by atoms with van der Waals surface area (Å²) in [6.07, 6.45) is 2.43. The number of carbonyl (C=O) groups is 8. The van der Waals surface area contributed by atoms with E-state index < -0.39 is 83.5 Å². The van der Waals surface area contributed by atoms with Gasteiger partial charge in [0.05, 0.1) is 12.6 Å². The number of piperidine rings is 1. The lowest BCUT2D eigenvalue weighted by Crippen LogP contribution is -2.62. The third-order valence-electron chi connectivity index (χ3n) is 11.6. The fourth-order valence-electron chi connectivity index (χ4n) is 7.66. The molecule has 1 saturated heterocycles. The van der Waals surface area contributed by atoms with Crippen LogP contribution in [0.4, 0.5) is 4.79 Å². The molecule has 16 nitrogen and oxygen atoms in total. The maximum Gasteiger partial charge on any atom is 0.316 e. The maximum atomic E-state index is 14.4. The van der Waals surface area contributed by atoms with Gasteiger partial charge in [-0.2, -0.15) is 0 Å². The van der Waals surface area contributed by atoms with Gasteiger partial charge >= 0.3 is 6.03 Å². The molecule has 0 bridgehead atoms. The Bertz CT molecular complexity index is 1690. The zero-order valence-corrected chi connectivity index (χ0v) is 34.1. The van der Waals surface area contributed by atoms with Crippen LogP contribution in [0.15, 0.2) is 30.3 Å². The molecule has 2 unspecified atom stereocenters. The number of Topliss-reactive ketones (excluding diaryl/α,β-unsaturated/α-hetero) is 1. The number of primary amides is 1. The van der Waals surface area contributed by atoms with Crippen molar-refractivity contribution in [2.24, 2.45) is 40.2 Å². The number of hydrogen-bond donors (Lipinski definition) is 6. The molecule has 8 atom stereocenters. The molecule has 3 fully saturated rings. The summed E-state index contributed by atoms with van der Waals surface area (Å²) in [6, 6.07) is 2.60. The van der Waals surface area contributed by atoms with Crippen LogP contribution in [0.5, 0.6) is 0 Å². The fraction of sp³-hybridized carbons (Fsp3) is 0.650.